The molecule has 6 heteroatoms. The van der Waals surface area contributed by atoms with Gasteiger partial charge in [0.15, 0.2) is 0 Å². The summed E-state index contributed by atoms with van der Waals surface area (Å²) in [6.07, 6.45) is 3.76. The lowest BCUT2D eigenvalue weighted by molar-refractivity contribution is 0.146. The Kier molecular flexibility index (Phi) is 6.08. The van der Waals surface area contributed by atoms with Crippen LogP contribution in [0.1, 0.15) is 25.5 Å². The standard InChI is InChI=1S/C12H22N4O.ClH/c1-9(2)16-8-10(4-15-16)3-13-5-11-6-14-7-12(11)17;/h4,8-9,11-14,17H,3,5-7H2,1-2H3;1H. The summed E-state index contributed by atoms with van der Waals surface area (Å²) in [5.41, 5.74) is 1.19. The van der Waals surface area contributed by atoms with E-state index in [-0.39, 0.29) is 18.5 Å². The number of halogens is 1. The molecule has 1 aliphatic heterocycles. The molecule has 1 aliphatic rings. The van der Waals surface area contributed by atoms with Gasteiger partial charge in [0.05, 0.1) is 12.3 Å². The van der Waals surface area contributed by atoms with E-state index in [0.717, 1.165) is 26.2 Å². The summed E-state index contributed by atoms with van der Waals surface area (Å²) < 4.78 is 1.96. The van der Waals surface area contributed by atoms with Crippen LogP contribution in [0.2, 0.25) is 0 Å². The topological polar surface area (TPSA) is 62.1 Å². The van der Waals surface area contributed by atoms with Crippen LogP contribution in [0.3, 0.4) is 0 Å². The molecule has 1 saturated heterocycles. The molecule has 1 fully saturated rings. The summed E-state index contributed by atoms with van der Waals surface area (Å²) in [6, 6.07) is 0.407. The van der Waals surface area contributed by atoms with Gasteiger partial charge in [0.1, 0.15) is 0 Å². The number of aliphatic hydroxyl groups is 1. The summed E-state index contributed by atoms with van der Waals surface area (Å²) in [5.74, 6) is 0.329. The number of aromatic nitrogens is 2. The minimum atomic E-state index is -0.208. The number of rotatable bonds is 5. The van der Waals surface area contributed by atoms with Gasteiger partial charge in [0.2, 0.25) is 0 Å². The Balaban J connectivity index is 0.00000162. The van der Waals surface area contributed by atoms with Crippen LogP contribution >= 0.6 is 12.4 Å². The van der Waals surface area contributed by atoms with E-state index in [2.05, 4.69) is 35.8 Å². The van der Waals surface area contributed by atoms with Crippen molar-refractivity contribution in [2.45, 2.75) is 32.5 Å². The Morgan fingerprint density at radius 3 is 2.89 bits per heavy atom. The first-order chi connectivity index (χ1) is 8.16. The second-order valence-electron chi connectivity index (χ2n) is 5.04. The van der Waals surface area contributed by atoms with Crippen LogP contribution in [0.25, 0.3) is 0 Å². The van der Waals surface area contributed by atoms with Crippen LogP contribution in [0.5, 0.6) is 0 Å². The van der Waals surface area contributed by atoms with Gasteiger partial charge in [-0.05, 0) is 13.8 Å². The first-order valence-electron chi connectivity index (χ1n) is 6.29. The number of hydrogen-bond donors (Lipinski definition) is 3. The van der Waals surface area contributed by atoms with Gasteiger partial charge < -0.3 is 15.7 Å². The van der Waals surface area contributed by atoms with E-state index < -0.39 is 0 Å². The molecule has 2 heterocycles. The first-order valence-corrected chi connectivity index (χ1v) is 6.29. The molecule has 2 unspecified atom stereocenters. The molecule has 0 bridgehead atoms. The predicted octanol–water partition coefficient (Wildman–Crippen LogP) is 0.556. The molecule has 104 valence electrons. The quantitative estimate of drug-likeness (QED) is 0.734. The third-order valence-electron chi connectivity index (χ3n) is 3.22. The molecule has 0 saturated carbocycles. The fourth-order valence-electron chi connectivity index (χ4n) is 2.08. The van der Waals surface area contributed by atoms with Crippen molar-refractivity contribution < 1.29 is 5.11 Å². The Morgan fingerprint density at radius 1 is 1.56 bits per heavy atom. The van der Waals surface area contributed by atoms with Crippen molar-refractivity contribution >= 4 is 12.4 Å². The molecule has 18 heavy (non-hydrogen) atoms. The molecule has 2 rings (SSSR count). The van der Waals surface area contributed by atoms with Crippen LogP contribution < -0.4 is 10.6 Å². The summed E-state index contributed by atoms with van der Waals surface area (Å²) in [6.45, 7) is 7.52. The lowest BCUT2D eigenvalue weighted by Crippen LogP contribution is -2.30. The molecule has 0 aromatic carbocycles. The Hall–Kier alpha value is -0.620. The van der Waals surface area contributed by atoms with Crippen LogP contribution in [0, 0.1) is 5.92 Å². The number of hydrogen-bond acceptors (Lipinski definition) is 4. The average Bonchev–Trinajstić information content (AvgIpc) is 2.89. The maximum absolute atomic E-state index is 9.64. The van der Waals surface area contributed by atoms with Crippen molar-refractivity contribution in [3.05, 3.63) is 18.0 Å². The van der Waals surface area contributed by atoms with Crippen LogP contribution in [-0.4, -0.2) is 40.6 Å². The van der Waals surface area contributed by atoms with Crippen LogP contribution in [-0.2, 0) is 6.54 Å². The van der Waals surface area contributed by atoms with Gasteiger partial charge in [-0.3, -0.25) is 4.68 Å². The molecular formula is C12H23ClN4O. The monoisotopic (exact) mass is 274 g/mol. The SMILES string of the molecule is CC(C)n1cc(CNCC2CNCC2O)cn1.Cl. The Labute approximate surface area is 114 Å². The van der Waals surface area contributed by atoms with Gasteiger partial charge >= 0.3 is 0 Å². The number of aliphatic hydroxyl groups excluding tert-OH is 1. The smallest absolute Gasteiger partial charge is 0.0716 e. The predicted molar refractivity (Wildman–Crippen MR) is 73.9 cm³/mol. The van der Waals surface area contributed by atoms with E-state index in [1.165, 1.54) is 5.56 Å². The fourth-order valence-corrected chi connectivity index (χ4v) is 2.08. The molecule has 2 atom stereocenters. The maximum Gasteiger partial charge on any atom is 0.0716 e. The van der Waals surface area contributed by atoms with Crippen LogP contribution in [0.4, 0.5) is 0 Å². The van der Waals surface area contributed by atoms with Gasteiger partial charge in [-0.1, -0.05) is 0 Å². The lowest BCUT2D eigenvalue weighted by atomic mass is 10.1. The first kappa shape index (κ1) is 15.4. The average molecular weight is 275 g/mol. The van der Waals surface area contributed by atoms with Crippen molar-refractivity contribution in [1.29, 1.82) is 0 Å². The third-order valence-corrected chi connectivity index (χ3v) is 3.22. The van der Waals surface area contributed by atoms with Crippen molar-refractivity contribution in [3.63, 3.8) is 0 Å². The largest absolute Gasteiger partial charge is 0.391 e. The van der Waals surface area contributed by atoms with E-state index >= 15 is 0 Å². The minimum absolute atomic E-state index is 0. The molecular weight excluding hydrogens is 252 g/mol. The Bertz CT molecular complexity index is 356. The van der Waals surface area contributed by atoms with Gasteiger partial charge in [-0.2, -0.15) is 5.10 Å². The van der Waals surface area contributed by atoms with E-state index in [0.29, 0.717) is 12.0 Å². The zero-order chi connectivity index (χ0) is 12.3. The van der Waals surface area contributed by atoms with E-state index in [1.807, 2.05) is 10.9 Å². The van der Waals surface area contributed by atoms with Gasteiger partial charge in [0.25, 0.3) is 0 Å². The second-order valence-corrected chi connectivity index (χ2v) is 5.04. The van der Waals surface area contributed by atoms with Gasteiger partial charge in [-0.15, -0.1) is 12.4 Å². The fraction of sp³-hybridized carbons (Fsp3) is 0.750. The highest BCUT2D eigenvalue weighted by Crippen LogP contribution is 2.08. The second kappa shape index (κ2) is 7.09. The molecule has 0 radical (unpaired) electrons. The van der Waals surface area contributed by atoms with E-state index in [9.17, 15) is 5.11 Å². The van der Waals surface area contributed by atoms with E-state index in [4.69, 9.17) is 0 Å². The molecule has 1 aromatic rings. The number of β-amino-alcohol motifs (C(OH)–C–C–N with tert-alkyl or cyclic N) is 1. The molecule has 0 spiro atoms. The van der Waals surface area contributed by atoms with Crippen LogP contribution in [0.15, 0.2) is 12.4 Å². The highest BCUT2D eigenvalue weighted by molar-refractivity contribution is 5.85. The summed E-state index contributed by atoms with van der Waals surface area (Å²) in [4.78, 5) is 0. The third kappa shape index (κ3) is 3.95. The highest BCUT2D eigenvalue weighted by atomic mass is 35.5. The molecule has 0 aliphatic carbocycles. The summed E-state index contributed by atoms with van der Waals surface area (Å²) >= 11 is 0. The molecule has 1 aromatic heterocycles. The zero-order valence-electron chi connectivity index (χ0n) is 11.0. The molecule has 5 nitrogen and oxygen atoms in total. The molecule has 3 N–H and O–H groups in total. The van der Waals surface area contributed by atoms with Crippen molar-refractivity contribution in [2.75, 3.05) is 19.6 Å². The highest BCUT2D eigenvalue weighted by Gasteiger charge is 2.23. The van der Waals surface area contributed by atoms with Crippen molar-refractivity contribution in [2.24, 2.45) is 5.92 Å². The zero-order valence-corrected chi connectivity index (χ0v) is 11.8. The van der Waals surface area contributed by atoms with E-state index in [1.54, 1.807) is 0 Å². The number of nitrogens with zero attached hydrogens (tertiary/aromatic N) is 2. The van der Waals surface area contributed by atoms with Gasteiger partial charge in [-0.25, -0.2) is 0 Å². The summed E-state index contributed by atoms with van der Waals surface area (Å²) in [7, 11) is 0. The van der Waals surface area contributed by atoms with Gasteiger partial charge in [0, 0.05) is 49.9 Å². The van der Waals surface area contributed by atoms with Crippen molar-refractivity contribution in [3.8, 4) is 0 Å². The molecule has 0 amide bonds. The summed E-state index contributed by atoms with van der Waals surface area (Å²) in [5, 5.41) is 20.5. The minimum Gasteiger partial charge on any atom is -0.391 e. The normalized spacial score (nSPS) is 23.3. The maximum atomic E-state index is 9.64. The Morgan fingerprint density at radius 2 is 2.33 bits per heavy atom. The van der Waals surface area contributed by atoms with Crippen molar-refractivity contribution in [1.82, 2.24) is 20.4 Å². The number of nitrogens with one attached hydrogen (secondary N) is 2. The lowest BCUT2D eigenvalue weighted by Gasteiger charge is -2.13.